The lowest BCUT2D eigenvalue weighted by atomic mass is 9.91. The molecular formula is C18H25ClFN3O3. The molecule has 0 aliphatic heterocycles. The van der Waals surface area contributed by atoms with Crippen molar-refractivity contribution in [1.29, 1.82) is 0 Å². The molecule has 0 atom stereocenters. The Kier molecular flexibility index (Phi) is 6.81. The molecule has 0 spiro atoms. The molecule has 0 bridgehead atoms. The summed E-state index contributed by atoms with van der Waals surface area (Å²) in [5.41, 5.74) is -0.467. The van der Waals surface area contributed by atoms with Gasteiger partial charge in [0.15, 0.2) is 0 Å². The van der Waals surface area contributed by atoms with Gasteiger partial charge in [-0.05, 0) is 52.0 Å². The van der Waals surface area contributed by atoms with Crippen molar-refractivity contribution >= 4 is 23.6 Å². The Hall–Kier alpha value is -1.89. The molecule has 0 radical (unpaired) electrons. The first-order valence-corrected chi connectivity index (χ1v) is 9.19. The summed E-state index contributed by atoms with van der Waals surface area (Å²) >= 11 is 5.85. The van der Waals surface area contributed by atoms with E-state index in [0.717, 1.165) is 31.5 Å². The Labute approximate surface area is 157 Å². The van der Waals surface area contributed by atoms with Crippen LogP contribution in [0, 0.1) is 5.82 Å². The first-order chi connectivity index (χ1) is 12.2. The van der Waals surface area contributed by atoms with E-state index in [1.165, 1.54) is 0 Å². The Bertz CT molecular complexity index is 661. The fraction of sp³-hybridized carbons (Fsp3) is 0.611. The van der Waals surface area contributed by atoms with Gasteiger partial charge in [0.2, 0.25) is 0 Å². The number of carbonyl (C=O) groups excluding carboxylic acids is 2. The highest BCUT2D eigenvalue weighted by Gasteiger charge is 2.27. The molecule has 0 aromatic carbocycles. The maximum atomic E-state index is 13.2. The van der Waals surface area contributed by atoms with Crippen molar-refractivity contribution in [3.05, 3.63) is 28.8 Å². The van der Waals surface area contributed by atoms with Gasteiger partial charge in [0, 0.05) is 12.1 Å². The summed E-state index contributed by atoms with van der Waals surface area (Å²) in [5, 5.41) is 5.70. The SMILES string of the molecule is CCC(C)(C)OC(=O)NC1CCC(NC(=O)c2cc(F)cnc2Cl)CC1. The molecule has 2 N–H and O–H groups in total. The van der Waals surface area contributed by atoms with Gasteiger partial charge in [-0.2, -0.15) is 0 Å². The second kappa shape index (κ2) is 8.66. The summed E-state index contributed by atoms with van der Waals surface area (Å²) in [6.45, 7) is 5.69. The van der Waals surface area contributed by atoms with Crippen LogP contribution >= 0.6 is 11.6 Å². The van der Waals surface area contributed by atoms with Crippen LogP contribution in [0.4, 0.5) is 9.18 Å². The van der Waals surface area contributed by atoms with E-state index in [0.29, 0.717) is 12.8 Å². The minimum absolute atomic E-state index is 0.0164. The summed E-state index contributed by atoms with van der Waals surface area (Å²) in [4.78, 5) is 27.8. The molecular weight excluding hydrogens is 361 g/mol. The smallest absolute Gasteiger partial charge is 0.407 e. The Morgan fingerprint density at radius 2 is 1.85 bits per heavy atom. The van der Waals surface area contributed by atoms with Gasteiger partial charge in [-0.25, -0.2) is 14.2 Å². The molecule has 144 valence electrons. The number of ether oxygens (including phenoxy) is 1. The highest BCUT2D eigenvalue weighted by molar-refractivity contribution is 6.32. The Balaban J connectivity index is 1.80. The number of nitrogens with one attached hydrogen (secondary N) is 2. The van der Waals surface area contributed by atoms with Crippen LogP contribution in [-0.2, 0) is 4.74 Å². The second-order valence-corrected chi connectivity index (χ2v) is 7.52. The van der Waals surface area contributed by atoms with E-state index in [2.05, 4.69) is 15.6 Å². The molecule has 0 unspecified atom stereocenters. The number of nitrogens with zero attached hydrogens (tertiary/aromatic N) is 1. The standard InChI is InChI=1S/C18H25ClFN3O3/c1-4-18(2,3)26-17(25)23-13-7-5-12(6-8-13)22-16(24)14-9-11(20)10-21-15(14)19/h9-10,12-13H,4-8H2,1-3H3,(H,22,24)(H,23,25). The normalized spacial score (nSPS) is 20.3. The lowest BCUT2D eigenvalue weighted by Gasteiger charge is -2.31. The van der Waals surface area contributed by atoms with Gasteiger partial charge in [-0.1, -0.05) is 18.5 Å². The summed E-state index contributed by atoms with van der Waals surface area (Å²) in [7, 11) is 0. The van der Waals surface area contributed by atoms with Crippen LogP contribution in [-0.4, -0.2) is 34.7 Å². The van der Waals surface area contributed by atoms with Crippen LogP contribution in [0.1, 0.15) is 63.2 Å². The lowest BCUT2D eigenvalue weighted by molar-refractivity contribution is 0.0330. The van der Waals surface area contributed by atoms with Gasteiger partial charge in [-0.3, -0.25) is 4.79 Å². The van der Waals surface area contributed by atoms with E-state index in [1.807, 2.05) is 20.8 Å². The number of hydrogen-bond donors (Lipinski definition) is 2. The number of amides is 2. The molecule has 2 rings (SSSR count). The summed E-state index contributed by atoms with van der Waals surface area (Å²) < 4.78 is 18.6. The zero-order valence-corrected chi connectivity index (χ0v) is 16.0. The third-order valence-electron chi connectivity index (χ3n) is 4.66. The number of aromatic nitrogens is 1. The van der Waals surface area contributed by atoms with Crippen LogP contribution in [0.5, 0.6) is 0 Å². The minimum Gasteiger partial charge on any atom is -0.444 e. The first-order valence-electron chi connectivity index (χ1n) is 8.81. The molecule has 1 aliphatic carbocycles. The number of carbonyl (C=O) groups is 2. The highest BCUT2D eigenvalue weighted by Crippen LogP contribution is 2.21. The quantitative estimate of drug-likeness (QED) is 0.755. The van der Waals surface area contributed by atoms with Gasteiger partial charge >= 0.3 is 6.09 Å². The third kappa shape index (κ3) is 5.83. The lowest BCUT2D eigenvalue weighted by Crippen LogP contribution is -2.45. The minimum atomic E-state index is -0.610. The number of alkyl carbamates (subject to hydrolysis) is 1. The number of hydrogen-bond acceptors (Lipinski definition) is 4. The van der Waals surface area contributed by atoms with Crippen LogP contribution in [0.3, 0.4) is 0 Å². The largest absolute Gasteiger partial charge is 0.444 e. The summed E-state index contributed by atoms with van der Waals surface area (Å²) in [6.07, 6.45) is 4.14. The molecule has 1 saturated carbocycles. The van der Waals surface area contributed by atoms with E-state index >= 15 is 0 Å². The molecule has 1 aromatic rings. The van der Waals surface area contributed by atoms with E-state index in [1.54, 1.807) is 0 Å². The Morgan fingerprint density at radius 1 is 1.27 bits per heavy atom. The Morgan fingerprint density at radius 3 is 2.42 bits per heavy atom. The van der Waals surface area contributed by atoms with Crippen LogP contribution < -0.4 is 10.6 Å². The molecule has 1 fully saturated rings. The highest BCUT2D eigenvalue weighted by atomic mass is 35.5. The van der Waals surface area contributed by atoms with Crippen molar-refractivity contribution in [2.45, 2.75) is 70.6 Å². The predicted molar refractivity (Wildman–Crippen MR) is 96.7 cm³/mol. The van der Waals surface area contributed by atoms with Crippen molar-refractivity contribution in [1.82, 2.24) is 15.6 Å². The zero-order chi connectivity index (χ0) is 19.3. The van der Waals surface area contributed by atoms with E-state index < -0.39 is 23.4 Å². The summed E-state index contributed by atoms with van der Waals surface area (Å²) in [5.74, 6) is -1.05. The van der Waals surface area contributed by atoms with E-state index in [4.69, 9.17) is 16.3 Å². The van der Waals surface area contributed by atoms with Gasteiger partial charge in [0.1, 0.15) is 16.6 Å². The summed E-state index contributed by atoms with van der Waals surface area (Å²) in [6, 6.07) is 1.04. The monoisotopic (exact) mass is 385 g/mol. The van der Waals surface area contributed by atoms with Gasteiger partial charge in [0.05, 0.1) is 11.8 Å². The van der Waals surface area contributed by atoms with Crippen molar-refractivity contribution in [3.63, 3.8) is 0 Å². The number of halogens is 2. The zero-order valence-electron chi connectivity index (χ0n) is 15.3. The topological polar surface area (TPSA) is 80.3 Å². The second-order valence-electron chi connectivity index (χ2n) is 7.16. The molecule has 2 amide bonds. The molecule has 26 heavy (non-hydrogen) atoms. The molecule has 8 heteroatoms. The van der Waals surface area contributed by atoms with Crippen molar-refractivity contribution in [3.8, 4) is 0 Å². The first kappa shape index (κ1) is 20.4. The van der Waals surface area contributed by atoms with Crippen LogP contribution in [0.2, 0.25) is 5.15 Å². The van der Waals surface area contributed by atoms with Crippen molar-refractivity contribution < 1.29 is 18.7 Å². The average molecular weight is 386 g/mol. The molecule has 6 nitrogen and oxygen atoms in total. The third-order valence-corrected chi connectivity index (χ3v) is 4.96. The van der Waals surface area contributed by atoms with Gasteiger partial charge in [0.25, 0.3) is 5.91 Å². The van der Waals surface area contributed by atoms with Crippen LogP contribution in [0.15, 0.2) is 12.3 Å². The van der Waals surface area contributed by atoms with Crippen molar-refractivity contribution in [2.75, 3.05) is 0 Å². The average Bonchev–Trinajstić information content (AvgIpc) is 2.58. The van der Waals surface area contributed by atoms with Crippen molar-refractivity contribution in [2.24, 2.45) is 0 Å². The number of pyridine rings is 1. The molecule has 1 aliphatic rings. The fourth-order valence-electron chi connectivity index (χ4n) is 2.75. The molecule has 1 aromatic heterocycles. The maximum Gasteiger partial charge on any atom is 0.407 e. The number of rotatable bonds is 5. The van der Waals surface area contributed by atoms with Crippen LogP contribution in [0.25, 0.3) is 0 Å². The van der Waals surface area contributed by atoms with E-state index in [9.17, 15) is 14.0 Å². The fourth-order valence-corrected chi connectivity index (χ4v) is 2.94. The predicted octanol–water partition coefficient (Wildman–Crippen LogP) is 3.83. The molecule has 1 heterocycles. The van der Waals surface area contributed by atoms with E-state index in [-0.39, 0.29) is 22.8 Å². The van der Waals surface area contributed by atoms with Gasteiger partial charge < -0.3 is 15.4 Å². The molecule has 0 saturated heterocycles. The van der Waals surface area contributed by atoms with Gasteiger partial charge in [-0.15, -0.1) is 0 Å². The maximum absolute atomic E-state index is 13.2.